The summed E-state index contributed by atoms with van der Waals surface area (Å²) in [7, 11) is 1.66. The van der Waals surface area contributed by atoms with Crippen molar-refractivity contribution in [3.05, 3.63) is 29.8 Å². The number of hydrogen-bond donors (Lipinski definition) is 0. The maximum Gasteiger partial charge on any atom is 0.119 e. The lowest BCUT2D eigenvalue weighted by atomic mass is 9.99. The average Bonchev–Trinajstić information content (AvgIpc) is 2.54. The first-order valence-electron chi connectivity index (χ1n) is 8.08. The van der Waals surface area contributed by atoms with Crippen LogP contribution in [0.25, 0.3) is 0 Å². The van der Waals surface area contributed by atoms with Crippen molar-refractivity contribution in [1.29, 1.82) is 0 Å². The van der Waals surface area contributed by atoms with Crippen molar-refractivity contribution in [3.63, 3.8) is 0 Å². The van der Waals surface area contributed by atoms with Crippen molar-refractivity contribution in [2.24, 2.45) is 0 Å². The van der Waals surface area contributed by atoms with Crippen molar-refractivity contribution < 1.29 is 18.9 Å². The van der Waals surface area contributed by atoms with Gasteiger partial charge in [0.05, 0.1) is 33.0 Å². The van der Waals surface area contributed by atoms with E-state index in [1.165, 1.54) is 5.56 Å². The number of rotatable bonds is 12. The van der Waals surface area contributed by atoms with Gasteiger partial charge >= 0.3 is 0 Å². The Morgan fingerprint density at radius 2 is 1.55 bits per heavy atom. The molecule has 2 atom stereocenters. The summed E-state index contributed by atoms with van der Waals surface area (Å²) in [5.41, 5.74) is 1.35. The first kappa shape index (κ1) is 18.9. The molecular weight excluding hydrogens is 280 g/mol. The van der Waals surface area contributed by atoms with E-state index in [2.05, 4.69) is 26.0 Å². The Morgan fingerprint density at radius 3 is 2.18 bits per heavy atom. The normalized spacial score (nSPS) is 13.8. The third-order valence-electron chi connectivity index (χ3n) is 3.56. The van der Waals surface area contributed by atoms with Gasteiger partial charge in [-0.1, -0.05) is 26.0 Å². The molecule has 126 valence electrons. The van der Waals surface area contributed by atoms with Gasteiger partial charge in [-0.05, 0) is 37.0 Å². The van der Waals surface area contributed by atoms with Crippen molar-refractivity contribution in [3.8, 4) is 5.75 Å². The van der Waals surface area contributed by atoms with Gasteiger partial charge in [0, 0.05) is 7.11 Å². The van der Waals surface area contributed by atoms with Gasteiger partial charge in [-0.3, -0.25) is 0 Å². The maximum atomic E-state index is 5.84. The zero-order valence-electron chi connectivity index (χ0n) is 14.3. The number of hydrogen-bond acceptors (Lipinski definition) is 4. The molecule has 0 bridgehead atoms. The molecule has 0 saturated carbocycles. The molecule has 4 heteroatoms. The van der Waals surface area contributed by atoms with Crippen LogP contribution in [0.1, 0.15) is 38.7 Å². The minimum absolute atomic E-state index is 0.0217. The Balaban J connectivity index is 2.17. The van der Waals surface area contributed by atoms with E-state index in [1.807, 2.05) is 19.1 Å². The fourth-order valence-electron chi connectivity index (χ4n) is 1.99. The Kier molecular flexibility index (Phi) is 9.87. The van der Waals surface area contributed by atoms with Crippen LogP contribution in [0.2, 0.25) is 0 Å². The first-order valence-corrected chi connectivity index (χ1v) is 8.08. The van der Waals surface area contributed by atoms with E-state index in [4.69, 9.17) is 18.9 Å². The highest BCUT2D eigenvalue weighted by atomic mass is 16.6. The summed E-state index contributed by atoms with van der Waals surface area (Å²) >= 11 is 0. The minimum Gasteiger partial charge on any atom is -0.488 e. The number of benzene rings is 1. The zero-order chi connectivity index (χ0) is 16.2. The van der Waals surface area contributed by atoms with Gasteiger partial charge in [-0.15, -0.1) is 0 Å². The van der Waals surface area contributed by atoms with Crippen LogP contribution in [0.15, 0.2) is 24.3 Å². The minimum atomic E-state index is 0.0217. The molecule has 22 heavy (non-hydrogen) atoms. The molecule has 1 aromatic carbocycles. The van der Waals surface area contributed by atoms with Crippen LogP contribution in [0, 0.1) is 0 Å². The first-order chi connectivity index (χ1) is 10.7. The molecule has 4 nitrogen and oxygen atoms in total. The predicted molar refractivity (Wildman–Crippen MR) is 88.8 cm³/mol. The average molecular weight is 310 g/mol. The largest absolute Gasteiger partial charge is 0.488 e. The summed E-state index contributed by atoms with van der Waals surface area (Å²) in [6.45, 7) is 9.38. The van der Waals surface area contributed by atoms with E-state index in [0.717, 1.165) is 12.2 Å². The molecule has 0 aliphatic rings. The van der Waals surface area contributed by atoms with Crippen LogP contribution in [-0.2, 0) is 14.2 Å². The topological polar surface area (TPSA) is 36.9 Å². The van der Waals surface area contributed by atoms with E-state index in [9.17, 15) is 0 Å². The quantitative estimate of drug-likeness (QED) is 0.552. The van der Waals surface area contributed by atoms with Crippen LogP contribution < -0.4 is 4.74 Å². The highest BCUT2D eigenvalue weighted by molar-refractivity contribution is 5.29. The van der Waals surface area contributed by atoms with Gasteiger partial charge < -0.3 is 18.9 Å². The van der Waals surface area contributed by atoms with Crippen molar-refractivity contribution in [2.45, 2.75) is 39.2 Å². The molecule has 0 spiro atoms. The molecule has 0 aliphatic heterocycles. The monoisotopic (exact) mass is 310 g/mol. The molecule has 0 radical (unpaired) electrons. The van der Waals surface area contributed by atoms with Crippen LogP contribution in [-0.4, -0.2) is 46.2 Å². The van der Waals surface area contributed by atoms with Crippen molar-refractivity contribution in [2.75, 3.05) is 40.1 Å². The fourth-order valence-corrected chi connectivity index (χ4v) is 1.99. The number of methoxy groups -OCH3 is 1. The second-order valence-electron chi connectivity index (χ2n) is 5.49. The highest BCUT2D eigenvalue weighted by Gasteiger charge is 2.06. The maximum absolute atomic E-state index is 5.84. The summed E-state index contributed by atoms with van der Waals surface area (Å²) in [5.74, 6) is 1.48. The SMILES string of the molecule is CCC(C)c1ccc(OC(C)COCCOCCOC)cc1. The van der Waals surface area contributed by atoms with E-state index in [0.29, 0.717) is 39.0 Å². The van der Waals surface area contributed by atoms with E-state index < -0.39 is 0 Å². The molecule has 2 unspecified atom stereocenters. The summed E-state index contributed by atoms with van der Waals surface area (Å²) < 4.78 is 21.6. The van der Waals surface area contributed by atoms with Gasteiger partial charge in [0.15, 0.2) is 0 Å². The molecule has 0 N–H and O–H groups in total. The Bertz CT molecular complexity index is 377. The van der Waals surface area contributed by atoms with Crippen LogP contribution in [0.5, 0.6) is 5.75 Å². The Morgan fingerprint density at radius 1 is 0.909 bits per heavy atom. The predicted octanol–water partition coefficient (Wildman–Crippen LogP) is 3.65. The number of ether oxygens (including phenoxy) is 4. The molecule has 1 rings (SSSR count). The van der Waals surface area contributed by atoms with Crippen LogP contribution in [0.4, 0.5) is 0 Å². The lowest BCUT2D eigenvalue weighted by molar-refractivity contribution is 0.00419. The standard InChI is InChI=1S/C18H30O4/c1-5-15(2)17-6-8-18(9-7-17)22-16(3)14-21-13-12-20-11-10-19-4/h6-9,15-16H,5,10-14H2,1-4H3. The Labute approximate surface area is 134 Å². The van der Waals surface area contributed by atoms with Gasteiger partial charge in [0.2, 0.25) is 0 Å². The molecule has 0 saturated heterocycles. The van der Waals surface area contributed by atoms with Crippen LogP contribution >= 0.6 is 0 Å². The summed E-state index contributed by atoms with van der Waals surface area (Å²) in [6.07, 6.45) is 1.17. The molecule has 0 aromatic heterocycles. The molecule has 0 amide bonds. The molecular formula is C18H30O4. The van der Waals surface area contributed by atoms with Gasteiger partial charge in [0.1, 0.15) is 11.9 Å². The third kappa shape index (κ3) is 7.78. The van der Waals surface area contributed by atoms with Crippen molar-refractivity contribution >= 4 is 0 Å². The van der Waals surface area contributed by atoms with Crippen molar-refractivity contribution in [1.82, 2.24) is 0 Å². The lowest BCUT2D eigenvalue weighted by Crippen LogP contribution is -2.20. The Hall–Kier alpha value is -1.10. The lowest BCUT2D eigenvalue weighted by Gasteiger charge is -2.16. The third-order valence-corrected chi connectivity index (χ3v) is 3.56. The second-order valence-corrected chi connectivity index (χ2v) is 5.49. The van der Waals surface area contributed by atoms with Gasteiger partial charge in [0.25, 0.3) is 0 Å². The second kappa shape index (κ2) is 11.5. The van der Waals surface area contributed by atoms with E-state index in [-0.39, 0.29) is 6.10 Å². The fraction of sp³-hybridized carbons (Fsp3) is 0.667. The highest BCUT2D eigenvalue weighted by Crippen LogP contribution is 2.22. The van der Waals surface area contributed by atoms with Gasteiger partial charge in [-0.25, -0.2) is 0 Å². The smallest absolute Gasteiger partial charge is 0.119 e. The van der Waals surface area contributed by atoms with Crippen LogP contribution in [0.3, 0.4) is 0 Å². The van der Waals surface area contributed by atoms with E-state index in [1.54, 1.807) is 7.11 Å². The summed E-state index contributed by atoms with van der Waals surface area (Å²) in [4.78, 5) is 0. The summed E-state index contributed by atoms with van der Waals surface area (Å²) in [6, 6.07) is 8.35. The molecule has 0 aliphatic carbocycles. The zero-order valence-corrected chi connectivity index (χ0v) is 14.3. The molecule has 1 aromatic rings. The molecule has 0 fully saturated rings. The summed E-state index contributed by atoms with van der Waals surface area (Å²) in [5, 5.41) is 0. The molecule has 0 heterocycles. The van der Waals surface area contributed by atoms with Gasteiger partial charge in [-0.2, -0.15) is 0 Å². The van der Waals surface area contributed by atoms with E-state index >= 15 is 0 Å².